The maximum atomic E-state index is 10.4. The SMILES string of the molecule is COCCC(C)NC(C)C(=O)O. The molecule has 0 aliphatic carbocycles. The van der Waals surface area contributed by atoms with Gasteiger partial charge in [-0.05, 0) is 20.3 Å². The second-order valence-electron chi connectivity index (χ2n) is 2.91. The molecule has 2 atom stereocenters. The van der Waals surface area contributed by atoms with Crippen molar-refractivity contribution in [2.45, 2.75) is 32.4 Å². The second kappa shape index (κ2) is 5.97. The molecule has 0 radical (unpaired) electrons. The summed E-state index contributed by atoms with van der Waals surface area (Å²) in [6, 6.07) is -0.312. The Morgan fingerprint density at radius 3 is 2.58 bits per heavy atom. The lowest BCUT2D eigenvalue weighted by atomic mass is 10.2. The van der Waals surface area contributed by atoms with Crippen LogP contribution >= 0.6 is 0 Å². The lowest BCUT2D eigenvalue weighted by Crippen LogP contribution is -2.40. The zero-order valence-electron chi connectivity index (χ0n) is 7.83. The first-order valence-electron chi connectivity index (χ1n) is 4.05. The molecule has 0 saturated carbocycles. The Balaban J connectivity index is 3.53. The van der Waals surface area contributed by atoms with Gasteiger partial charge in [0, 0.05) is 19.8 Å². The van der Waals surface area contributed by atoms with Crippen molar-refractivity contribution in [3.05, 3.63) is 0 Å². The molecule has 0 fully saturated rings. The Kier molecular flexibility index (Phi) is 5.66. The third-order valence-electron chi connectivity index (χ3n) is 1.66. The molecular formula is C8H17NO3. The van der Waals surface area contributed by atoms with Gasteiger partial charge < -0.3 is 15.2 Å². The van der Waals surface area contributed by atoms with E-state index in [0.717, 1.165) is 6.42 Å². The number of rotatable bonds is 6. The highest BCUT2D eigenvalue weighted by molar-refractivity contribution is 5.72. The summed E-state index contributed by atoms with van der Waals surface area (Å²) in [5.74, 6) is -0.820. The van der Waals surface area contributed by atoms with Crippen LogP contribution in [0.5, 0.6) is 0 Å². The van der Waals surface area contributed by atoms with Crippen LogP contribution in [0, 0.1) is 0 Å². The van der Waals surface area contributed by atoms with Crippen molar-refractivity contribution in [3.63, 3.8) is 0 Å². The highest BCUT2D eigenvalue weighted by atomic mass is 16.5. The average Bonchev–Trinajstić information content (AvgIpc) is 2.00. The molecule has 0 aromatic carbocycles. The lowest BCUT2D eigenvalue weighted by molar-refractivity contribution is -0.139. The third kappa shape index (κ3) is 5.09. The molecule has 12 heavy (non-hydrogen) atoms. The number of ether oxygens (including phenoxy) is 1. The quantitative estimate of drug-likeness (QED) is 0.616. The van der Waals surface area contributed by atoms with Gasteiger partial charge in [-0.15, -0.1) is 0 Å². The third-order valence-corrected chi connectivity index (χ3v) is 1.66. The summed E-state index contributed by atoms with van der Waals surface area (Å²) >= 11 is 0. The summed E-state index contributed by atoms with van der Waals surface area (Å²) < 4.78 is 4.87. The molecule has 0 bridgehead atoms. The van der Waals surface area contributed by atoms with Gasteiger partial charge in [-0.3, -0.25) is 4.79 Å². The highest BCUT2D eigenvalue weighted by Crippen LogP contribution is 1.93. The first-order valence-corrected chi connectivity index (χ1v) is 4.05. The standard InChI is InChI=1S/C8H17NO3/c1-6(4-5-12-3)9-7(2)8(10)11/h6-7,9H,4-5H2,1-3H3,(H,10,11). The maximum absolute atomic E-state index is 10.4. The van der Waals surface area contributed by atoms with Crippen LogP contribution in [0.4, 0.5) is 0 Å². The minimum atomic E-state index is -0.820. The Labute approximate surface area is 72.9 Å². The van der Waals surface area contributed by atoms with E-state index < -0.39 is 12.0 Å². The summed E-state index contributed by atoms with van der Waals surface area (Å²) in [6.45, 7) is 4.23. The van der Waals surface area contributed by atoms with E-state index in [-0.39, 0.29) is 6.04 Å². The van der Waals surface area contributed by atoms with Crippen LogP contribution in [-0.2, 0) is 9.53 Å². The maximum Gasteiger partial charge on any atom is 0.320 e. The Morgan fingerprint density at radius 2 is 2.17 bits per heavy atom. The molecule has 0 aliphatic rings. The second-order valence-corrected chi connectivity index (χ2v) is 2.91. The van der Waals surface area contributed by atoms with Gasteiger partial charge in [0.1, 0.15) is 6.04 Å². The molecule has 2 unspecified atom stereocenters. The first-order chi connectivity index (χ1) is 5.57. The average molecular weight is 175 g/mol. The molecule has 0 heterocycles. The number of hydrogen-bond acceptors (Lipinski definition) is 3. The van der Waals surface area contributed by atoms with E-state index in [1.165, 1.54) is 0 Å². The number of hydrogen-bond donors (Lipinski definition) is 2. The smallest absolute Gasteiger partial charge is 0.320 e. The van der Waals surface area contributed by atoms with Crippen LogP contribution in [0.2, 0.25) is 0 Å². The summed E-state index contributed by atoms with van der Waals surface area (Å²) in [4.78, 5) is 10.4. The molecule has 0 saturated heterocycles. The molecule has 0 aromatic rings. The van der Waals surface area contributed by atoms with Crippen LogP contribution in [0.25, 0.3) is 0 Å². The molecule has 72 valence electrons. The lowest BCUT2D eigenvalue weighted by Gasteiger charge is -2.16. The molecule has 0 rings (SSSR count). The highest BCUT2D eigenvalue weighted by Gasteiger charge is 2.12. The van der Waals surface area contributed by atoms with E-state index >= 15 is 0 Å². The Morgan fingerprint density at radius 1 is 1.58 bits per heavy atom. The Bertz CT molecular complexity index is 138. The molecule has 0 aromatic heterocycles. The van der Waals surface area contributed by atoms with Crippen molar-refractivity contribution >= 4 is 5.97 Å². The number of carboxylic acid groups (broad SMARTS) is 1. The molecular weight excluding hydrogens is 158 g/mol. The number of aliphatic carboxylic acids is 1. The largest absolute Gasteiger partial charge is 0.480 e. The van der Waals surface area contributed by atoms with Crippen molar-refractivity contribution < 1.29 is 14.6 Å². The van der Waals surface area contributed by atoms with E-state index in [1.807, 2.05) is 6.92 Å². The van der Waals surface area contributed by atoms with E-state index in [4.69, 9.17) is 9.84 Å². The normalized spacial score (nSPS) is 15.6. The Hall–Kier alpha value is -0.610. The van der Waals surface area contributed by atoms with E-state index in [1.54, 1.807) is 14.0 Å². The van der Waals surface area contributed by atoms with E-state index in [2.05, 4.69) is 5.32 Å². The van der Waals surface area contributed by atoms with Crippen LogP contribution in [-0.4, -0.2) is 36.9 Å². The van der Waals surface area contributed by atoms with Crippen molar-refractivity contribution in [2.24, 2.45) is 0 Å². The molecule has 4 nitrogen and oxygen atoms in total. The summed E-state index contributed by atoms with van der Waals surface area (Å²) in [5.41, 5.74) is 0. The van der Waals surface area contributed by atoms with Crippen LogP contribution in [0.3, 0.4) is 0 Å². The van der Waals surface area contributed by atoms with Crippen molar-refractivity contribution in [2.75, 3.05) is 13.7 Å². The minimum Gasteiger partial charge on any atom is -0.480 e. The minimum absolute atomic E-state index is 0.177. The zero-order chi connectivity index (χ0) is 9.56. The predicted octanol–water partition coefficient (Wildman–Crippen LogP) is 0.474. The topological polar surface area (TPSA) is 58.6 Å². The van der Waals surface area contributed by atoms with E-state index in [0.29, 0.717) is 6.61 Å². The van der Waals surface area contributed by atoms with Gasteiger partial charge in [0.15, 0.2) is 0 Å². The number of methoxy groups -OCH3 is 1. The predicted molar refractivity (Wildman–Crippen MR) is 46.2 cm³/mol. The van der Waals surface area contributed by atoms with Gasteiger partial charge in [0.2, 0.25) is 0 Å². The fraction of sp³-hybridized carbons (Fsp3) is 0.875. The summed E-state index contributed by atoms with van der Waals surface area (Å²) in [5, 5.41) is 11.5. The summed E-state index contributed by atoms with van der Waals surface area (Å²) in [7, 11) is 1.63. The number of carbonyl (C=O) groups is 1. The van der Waals surface area contributed by atoms with Crippen molar-refractivity contribution in [1.29, 1.82) is 0 Å². The molecule has 0 amide bonds. The number of carboxylic acids is 1. The van der Waals surface area contributed by atoms with E-state index in [9.17, 15) is 4.79 Å². The van der Waals surface area contributed by atoms with Gasteiger partial charge in [-0.2, -0.15) is 0 Å². The first kappa shape index (κ1) is 11.4. The van der Waals surface area contributed by atoms with Gasteiger partial charge in [0.05, 0.1) is 0 Å². The summed E-state index contributed by atoms with van der Waals surface area (Å²) in [6.07, 6.45) is 0.828. The van der Waals surface area contributed by atoms with Crippen LogP contribution < -0.4 is 5.32 Å². The molecule has 0 aliphatic heterocycles. The zero-order valence-corrected chi connectivity index (χ0v) is 7.83. The molecule has 0 spiro atoms. The van der Waals surface area contributed by atoms with Gasteiger partial charge in [-0.25, -0.2) is 0 Å². The van der Waals surface area contributed by atoms with Gasteiger partial charge in [0.25, 0.3) is 0 Å². The fourth-order valence-corrected chi connectivity index (χ4v) is 0.876. The van der Waals surface area contributed by atoms with Crippen LogP contribution in [0.1, 0.15) is 20.3 Å². The van der Waals surface area contributed by atoms with Crippen LogP contribution in [0.15, 0.2) is 0 Å². The number of nitrogens with one attached hydrogen (secondary N) is 1. The van der Waals surface area contributed by atoms with Crippen molar-refractivity contribution in [3.8, 4) is 0 Å². The van der Waals surface area contributed by atoms with Gasteiger partial charge in [-0.1, -0.05) is 0 Å². The molecule has 4 heteroatoms. The molecule has 2 N–H and O–H groups in total. The fourth-order valence-electron chi connectivity index (χ4n) is 0.876. The monoisotopic (exact) mass is 175 g/mol. The van der Waals surface area contributed by atoms with Crippen molar-refractivity contribution in [1.82, 2.24) is 5.32 Å². The van der Waals surface area contributed by atoms with Gasteiger partial charge >= 0.3 is 5.97 Å².